The first kappa shape index (κ1) is 12.2. The fourth-order valence-corrected chi connectivity index (χ4v) is 3.01. The van der Waals surface area contributed by atoms with E-state index in [1.54, 1.807) is 0 Å². The lowest BCUT2D eigenvalue weighted by Crippen LogP contribution is -2.48. The van der Waals surface area contributed by atoms with E-state index in [-0.39, 0.29) is 18.0 Å². The van der Waals surface area contributed by atoms with Crippen LogP contribution in [0.5, 0.6) is 0 Å². The molecule has 2 saturated heterocycles. The van der Waals surface area contributed by atoms with E-state index in [2.05, 4.69) is 34.6 Å². The number of benzene rings is 1. The molecular formula is C14H17N3O2. The minimum atomic E-state index is -0.731. The highest BCUT2D eigenvalue weighted by atomic mass is 16.2. The highest BCUT2D eigenvalue weighted by Gasteiger charge is 2.52. The Balaban J connectivity index is 1.76. The third-order valence-electron chi connectivity index (χ3n) is 3.98. The topological polar surface area (TPSA) is 61.4 Å². The summed E-state index contributed by atoms with van der Waals surface area (Å²) in [6.45, 7) is 3.46. The van der Waals surface area contributed by atoms with Crippen LogP contribution in [0.1, 0.15) is 18.9 Å². The Labute approximate surface area is 112 Å². The summed E-state index contributed by atoms with van der Waals surface area (Å²) in [5, 5.41) is 5.12. The molecule has 0 aromatic heterocycles. The Kier molecular flexibility index (Phi) is 2.78. The summed E-state index contributed by atoms with van der Waals surface area (Å²) in [5.41, 5.74) is 0.488. The summed E-state index contributed by atoms with van der Waals surface area (Å²) in [5.74, 6) is -0.195. The van der Waals surface area contributed by atoms with Crippen LogP contribution < -0.4 is 10.6 Å². The number of hydrogen-bond donors (Lipinski definition) is 2. The summed E-state index contributed by atoms with van der Waals surface area (Å²) in [4.78, 5) is 25.5. The smallest absolute Gasteiger partial charge is 0.322 e. The number of urea groups is 1. The maximum atomic E-state index is 11.9. The minimum absolute atomic E-state index is 0.195. The van der Waals surface area contributed by atoms with E-state index in [1.165, 1.54) is 5.56 Å². The number of rotatable bonds is 2. The van der Waals surface area contributed by atoms with Gasteiger partial charge < -0.3 is 5.32 Å². The molecule has 19 heavy (non-hydrogen) atoms. The molecule has 2 atom stereocenters. The SMILES string of the molecule is C[C@@H]1C[C@@]2(CN1Cc1ccccc1)NC(=O)NC2=O. The van der Waals surface area contributed by atoms with Gasteiger partial charge in [0.05, 0.1) is 0 Å². The second-order valence-electron chi connectivity index (χ2n) is 5.43. The van der Waals surface area contributed by atoms with Crippen molar-refractivity contribution in [2.24, 2.45) is 0 Å². The normalized spacial score (nSPS) is 30.7. The lowest BCUT2D eigenvalue weighted by Gasteiger charge is -2.22. The molecule has 100 valence electrons. The van der Waals surface area contributed by atoms with E-state index >= 15 is 0 Å². The van der Waals surface area contributed by atoms with Gasteiger partial charge in [0.15, 0.2) is 0 Å². The monoisotopic (exact) mass is 259 g/mol. The summed E-state index contributed by atoms with van der Waals surface area (Å²) in [6.07, 6.45) is 0.664. The number of nitrogens with one attached hydrogen (secondary N) is 2. The van der Waals surface area contributed by atoms with Gasteiger partial charge in [0.2, 0.25) is 0 Å². The number of imide groups is 1. The van der Waals surface area contributed by atoms with Gasteiger partial charge in [-0.15, -0.1) is 0 Å². The molecule has 2 N–H and O–H groups in total. The van der Waals surface area contributed by atoms with Crippen LogP contribution in [0, 0.1) is 0 Å². The van der Waals surface area contributed by atoms with Crippen molar-refractivity contribution in [1.29, 1.82) is 0 Å². The predicted molar refractivity (Wildman–Crippen MR) is 70.3 cm³/mol. The second-order valence-corrected chi connectivity index (χ2v) is 5.43. The first-order chi connectivity index (χ1) is 9.09. The van der Waals surface area contributed by atoms with Gasteiger partial charge in [0.25, 0.3) is 5.91 Å². The molecule has 5 heteroatoms. The van der Waals surface area contributed by atoms with Crippen molar-refractivity contribution in [2.75, 3.05) is 6.54 Å². The van der Waals surface area contributed by atoms with Crippen LogP contribution in [0.25, 0.3) is 0 Å². The summed E-state index contributed by atoms with van der Waals surface area (Å²) < 4.78 is 0. The molecule has 0 aliphatic carbocycles. The number of carbonyl (C=O) groups is 2. The Morgan fingerprint density at radius 1 is 1.32 bits per heavy atom. The highest BCUT2D eigenvalue weighted by molar-refractivity contribution is 6.07. The van der Waals surface area contributed by atoms with E-state index in [4.69, 9.17) is 0 Å². The molecule has 2 fully saturated rings. The average Bonchev–Trinajstić information content (AvgIpc) is 2.81. The summed E-state index contributed by atoms with van der Waals surface area (Å²) in [7, 11) is 0. The molecule has 2 aliphatic heterocycles. The number of amides is 3. The van der Waals surface area contributed by atoms with Gasteiger partial charge in [0.1, 0.15) is 5.54 Å². The molecule has 0 unspecified atom stereocenters. The van der Waals surface area contributed by atoms with Crippen LogP contribution in [0.15, 0.2) is 30.3 Å². The Morgan fingerprint density at radius 3 is 2.68 bits per heavy atom. The van der Waals surface area contributed by atoms with Crippen molar-refractivity contribution in [2.45, 2.75) is 31.5 Å². The van der Waals surface area contributed by atoms with Gasteiger partial charge in [-0.2, -0.15) is 0 Å². The van der Waals surface area contributed by atoms with Crippen LogP contribution in [-0.2, 0) is 11.3 Å². The van der Waals surface area contributed by atoms with Crippen LogP contribution in [-0.4, -0.2) is 35.0 Å². The third kappa shape index (κ3) is 2.10. The van der Waals surface area contributed by atoms with Gasteiger partial charge in [0, 0.05) is 19.1 Å². The molecular weight excluding hydrogens is 242 g/mol. The van der Waals surface area contributed by atoms with E-state index in [1.807, 2.05) is 18.2 Å². The van der Waals surface area contributed by atoms with Crippen molar-refractivity contribution in [3.8, 4) is 0 Å². The standard InChI is InChI=1S/C14H17N3O2/c1-10-7-14(12(18)15-13(19)16-14)9-17(10)8-11-5-3-2-4-6-11/h2-6,10H,7-9H2,1H3,(H2,15,16,18,19)/t10-,14+/m1/s1. The third-order valence-corrected chi connectivity index (χ3v) is 3.98. The van der Waals surface area contributed by atoms with E-state index in [9.17, 15) is 9.59 Å². The fraction of sp³-hybridized carbons (Fsp3) is 0.429. The molecule has 2 heterocycles. The Hall–Kier alpha value is -1.88. The van der Waals surface area contributed by atoms with E-state index in [0.717, 1.165) is 6.54 Å². The van der Waals surface area contributed by atoms with Gasteiger partial charge in [-0.25, -0.2) is 4.79 Å². The largest absolute Gasteiger partial charge is 0.322 e. The molecule has 0 saturated carbocycles. The zero-order valence-corrected chi connectivity index (χ0v) is 10.8. The van der Waals surface area contributed by atoms with Gasteiger partial charge in [-0.05, 0) is 18.9 Å². The molecule has 2 aliphatic rings. The van der Waals surface area contributed by atoms with E-state index in [0.29, 0.717) is 13.0 Å². The maximum Gasteiger partial charge on any atom is 0.322 e. The average molecular weight is 259 g/mol. The van der Waals surface area contributed by atoms with Crippen LogP contribution in [0.3, 0.4) is 0 Å². The summed E-state index contributed by atoms with van der Waals surface area (Å²) in [6, 6.07) is 10.0. The van der Waals surface area contributed by atoms with Crippen molar-refractivity contribution in [3.63, 3.8) is 0 Å². The first-order valence-electron chi connectivity index (χ1n) is 6.51. The second kappa shape index (κ2) is 4.35. The minimum Gasteiger partial charge on any atom is -0.322 e. The quantitative estimate of drug-likeness (QED) is 0.774. The molecule has 1 aromatic carbocycles. The van der Waals surface area contributed by atoms with E-state index < -0.39 is 5.54 Å². The lowest BCUT2D eigenvalue weighted by atomic mass is 9.97. The van der Waals surface area contributed by atoms with Gasteiger partial charge >= 0.3 is 6.03 Å². The van der Waals surface area contributed by atoms with Crippen LogP contribution in [0.2, 0.25) is 0 Å². The summed E-state index contributed by atoms with van der Waals surface area (Å²) >= 11 is 0. The van der Waals surface area contributed by atoms with Crippen molar-refractivity contribution in [3.05, 3.63) is 35.9 Å². The molecule has 1 spiro atoms. The number of hydrogen-bond acceptors (Lipinski definition) is 3. The lowest BCUT2D eigenvalue weighted by molar-refractivity contribution is -0.123. The molecule has 5 nitrogen and oxygen atoms in total. The van der Waals surface area contributed by atoms with Crippen LogP contribution >= 0.6 is 0 Å². The van der Waals surface area contributed by atoms with Gasteiger partial charge in [-0.1, -0.05) is 30.3 Å². The molecule has 0 bridgehead atoms. The zero-order valence-electron chi connectivity index (χ0n) is 10.8. The predicted octanol–water partition coefficient (Wildman–Crippen LogP) is 0.859. The fourth-order valence-electron chi connectivity index (χ4n) is 3.01. The molecule has 1 aromatic rings. The first-order valence-corrected chi connectivity index (χ1v) is 6.51. The highest BCUT2D eigenvalue weighted by Crippen LogP contribution is 2.30. The van der Waals surface area contributed by atoms with Crippen LogP contribution in [0.4, 0.5) is 4.79 Å². The number of likely N-dealkylation sites (tertiary alicyclic amines) is 1. The van der Waals surface area contributed by atoms with Crippen molar-refractivity contribution in [1.82, 2.24) is 15.5 Å². The Bertz CT molecular complexity index is 517. The molecule has 0 radical (unpaired) electrons. The number of nitrogens with zero attached hydrogens (tertiary/aromatic N) is 1. The van der Waals surface area contributed by atoms with Gasteiger partial charge in [-0.3, -0.25) is 15.0 Å². The molecule has 3 amide bonds. The zero-order chi connectivity index (χ0) is 13.5. The Morgan fingerprint density at radius 2 is 2.05 bits per heavy atom. The molecule has 3 rings (SSSR count). The van der Waals surface area contributed by atoms with Crippen molar-refractivity contribution < 1.29 is 9.59 Å². The van der Waals surface area contributed by atoms with Crippen molar-refractivity contribution >= 4 is 11.9 Å². The number of carbonyl (C=O) groups excluding carboxylic acids is 2. The maximum absolute atomic E-state index is 11.9.